The van der Waals surface area contributed by atoms with Crippen LogP contribution in [-0.2, 0) is 0 Å². The number of aliphatic hydroxyl groups is 1. The maximum Gasteiger partial charge on any atom is 0.0753 e. The Morgan fingerprint density at radius 1 is 1.38 bits per heavy atom. The van der Waals surface area contributed by atoms with E-state index < -0.39 is 0 Å². The molecule has 0 spiro atoms. The Bertz CT molecular complexity index is 352. The zero-order chi connectivity index (χ0) is 11.5. The molecule has 1 aliphatic rings. The molecule has 0 radical (unpaired) electrons. The zero-order valence-electron chi connectivity index (χ0n) is 8.99. The van der Waals surface area contributed by atoms with E-state index in [9.17, 15) is 5.11 Å². The molecule has 1 aliphatic carbocycles. The molecule has 0 saturated heterocycles. The number of rotatable bonds is 2. The van der Waals surface area contributed by atoms with Gasteiger partial charge in [-0.3, -0.25) is 4.98 Å². The summed E-state index contributed by atoms with van der Waals surface area (Å²) in [6.45, 7) is 0. The largest absolute Gasteiger partial charge is 0.396 e. The van der Waals surface area contributed by atoms with Crippen molar-refractivity contribution >= 4 is 27.3 Å². The van der Waals surface area contributed by atoms with Crippen LogP contribution in [0.1, 0.15) is 25.7 Å². The van der Waals surface area contributed by atoms with E-state index >= 15 is 0 Å². The van der Waals surface area contributed by atoms with Gasteiger partial charge in [0.2, 0.25) is 0 Å². The molecule has 0 aromatic carbocycles. The van der Waals surface area contributed by atoms with Crippen LogP contribution in [0.4, 0.5) is 11.4 Å². The lowest BCUT2D eigenvalue weighted by molar-refractivity contribution is 0.116. The van der Waals surface area contributed by atoms with Crippen molar-refractivity contribution in [2.45, 2.75) is 37.8 Å². The highest BCUT2D eigenvalue weighted by molar-refractivity contribution is 9.10. The second-order valence-corrected chi connectivity index (χ2v) is 5.04. The number of halogens is 1. The average Bonchev–Trinajstić information content (AvgIpc) is 2.26. The van der Waals surface area contributed by atoms with E-state index in [-0.39, 0.29) is 12.1 Å². The van der Waals surface area contributed by atoms with Gasteiger partial charge in [0, 0.05) is 6.20 Å². The van der Waals surface area contributed by atoms with Gasteiger partial charge in [0.25, 0.3) is 0 Å². The first-order chi connectivity index (χ1) is 7.68. The van der Waals surface area contributed by atoms with Crippen molar-refractivity contribution in [1.82, 2.24) is 4.98 Å². The smallest absolute Gasteiger partial charge is 0.0753 e. The molecule has 88 valence electrons. The molecule has 2 rings (SSSR count). The van der Waals surface area contributed by atoms with Gasteiger partial charge in [-0.05, 0) is 28.8 Å². The number of anilines is 2. The maximum atomic E-state index is 9.88. The van der Waals surface area contributed by atoms with Crippen molar-refractivity contribution in [2.24, 2.45) is 0 Å². The first-order valence-corrected chi connectivity index (χ1v) is 6.31. The molecule has 1 saturated carbocycles. The summed E-state index contributed by atoms with van der Waals surface area (Å²) in [5.41, 5.74) is 7.29. The van der Waals surface area contributed by atoms with Gasteiger partial charge in [-0.1, -0.05) is 12.8 Å². The number of nitrogens with two attached hydrogens (primary N) is 1. The molecule has 1 heterocycles. The van der Waals surface area contributed by atoms with Crippen LogP contribution in [0.5, 0.6) is 0 Å². The predicted octanol–water partition coefficient (Wildman–Crippen LogP) is 2.14. The number of aromatic nitrogens is 1. The normalized spacial score (nSPS) is 25.4. The molecule has 1 aromatic heterocycles. The Morgan fingerprint density at radius 3 is 2.81 bits per heavy atom. The van der Waals surface area contributed by atoms with Crippen LogP contribution >= 0.6 is 15.9 Å². The number of nitrogen functional groups attached to an aromatic ring is 1. The molecule has 1 aromatic rings. The molecule has 0 aliphatic heterocycles. The summed E-state index contributed by atoms with van der Waals surface area (Å²) in [7, 11) is 0. The van der Waals surface area contributed by atoms with Crippen LogP contribution in [0.2, 0.25) is 0 Å². The van der Waals surface area contributed by atoms with Crippen LogP contribution in [-0.4, -0.2) is 22.2 Å². The maximum absolute atomic E-state index is 9.88. The topological polar surface area (TPSA) is 71.2 Å². The van der Waals surface area contributed by atoms with E-state index in [1.807, 2.05) is 0 Å². The zero-order valence-corrected chi connectivity index (χ0v) is 10.6. The third kappa shape index (κ3) is 2.47. The highest BCUT2D eigenvalue weighted by atomic mass is 79.9. The lowest BCUT2D eigenvalue weighted by Gasteiger charge is -2.29. The van der Waals surface area contributed by atoms with Crippen LogP contribution in [0.3, 0.4) is 0 Å². The average molecular weight is 286 g/mol. The van der Waals surface area contributed by atoms with E-state index in [0.717, 1.165) is 35.8 Å². The summed E-state index contributed by atoms with van der Waals surface area (Å²) in [6, 6.07) is 0.0924. The third-order valence-corrected chi connectivity index (χ3v) is 3.59. The van der Waals surface area contributed by atoms with Crippen LogP contribution in [0.15, 0.2) is 16.9 Å². The van der Waals surface area contributed by atoms with Gasteiger partial charge in [0.1, 0.15) is 0 Å². The van der Waals surface area contributed by atoms with Gasteiger partial charge in [-0.25, -0.2) is 0 Å². The molecule has 1 fully saturated rings. The molecule has 4 N–H and O–H groups in total. The standard InChI is InChI=1S/C11H16BrN3O/c12-7-5-14-6-8(13)11(7)15-9-3-1-2-4-10(9)16/h5-6,9-10,16H,1-4,13H2,(H,14,15). The minimum Gasteiger partial charge on any atom is -0.396 e. The number of pyridine rings is 1. The molecule has 16 heavy (non-hydrogen) atoms. The molecule has 2 atom stereocenters. The highest BCUT2D eigenvalue weighted by Gasteiger charge is 2.23. The van der Waals surface area contributed by atoms with Crippen molar-refractivity contribution in [3.8, 4) is 0 Å². The van der Waals surface area contributed by atoms with Crippen molar-refractivity contribution < 1.29 is 5.11 Å². The molecular formula is C11H16BrN3O. The second-order valence-electron chi connectivity index (χ2n) is 4.19. The van der Waals surface area contributed by atoms with Gasteiger partial charge in [0.05, 0.1) is 34.2 Å². The van der Waals surface area contributed by atoms with Gasteiger partial charge in [-0.2, -0.15) is 0 Å². The van der Waals surface area contributed by atoms with E-state index in [4.69, 9.17) is 5.73 Å². The Labute approximate surface area is 103 Å². The highest BCUT2D eigenvalue weighted by Crippen LogP contribution is 2.30. The second kappa shape index (κ2) is 5.01. The quantitative estimate of drug-likeness (QED) is 0.779. The molecule has 5 heteroatoms. The first-order valence-electron chi connectivity index (χ1n) is 5.52. The van der Waals surface area contributed by atoms with E-state index in [0.29, 0.717) is 5.69 Å². The number of nitrogens with zero attached hydrogens (tertiary/aromatic N) is 1. The van der Waals surface area contributed by atoms with Gasteiger partial charge >= 0.3 is 0 Å². The molecule has 0 bridgehead atoms. The SMILES string of the molecule is Nc1cncc(Br)c1NC1CCCCC1O. The van der Waals surface area contributed by atoms with Crippen LogP contribution in [0.25, 0.3) is 0 Å². The van der Waals surface area contributed by atoms with Crippen molar-refractivity contribution in [3.63, 3.8) is 0 Å². The monoisotopic (exact) mass is 285 g/mol. The molecule has 2 unspecified atom stereocenters. The summed E-state index contributed by atoms with van der Waals surface area (Å²) in [5.74, 6) is 0. The fourth-order valence-corrected chi connectivity index (χ4v) is 2.53. The minimum atomic E-state index is -0.284. The summed E-state index contributed by atoms with van der Waals surface area (Å²) in [5, 5.41) is 13.2. The Balaban J connectivity index is 2.13. The number of hydrogen-bond acceptors (Lipinski definition) is 4. The Morgan fingerprint density at radius 2 is 2.12 bits per heavy atom. The minimum absolute atomic E-state index is 0.0924. The predicted molar refractivity (Wildman–Crippen MR) is 68.2 cm³/mol. The lowest BCUT2D eigenvalue weighted by Crippen LogP contribution is -2.36. The van der Waals surface area contributed by atoms with Crippen LogP contribution in [0, 0.1) is 0 Å². The molecule has 0 amide bonds. The summed E-state index contributed by atoms with van der Waals surface area (Å²) in [6.07, 6.45) is 7.13. The molecular weight excluding hydrogens is 270 g/mol. The van der Waals surface area contributed by atoms with E-state index in [2.05, 4.69) is 26.2 Å². The Hall–Kier alpha value is -0.810. The number of nitrogens with one attached hydrogen (secondary N) is 1. The van der Waals surface area contributed by atoms with Gasteiger partial charge < -0.3 is 16.2 Å². The number of aliphatic hydroxyl groups excluding tert-OH is 1. The summed E-state index contributed by atoms with van der Waals surface area (Å²) >= 11 is 3.41. The van der Waals surface area contributed by atoms with Crippen LogP contribution < -0.4 is 11.1 Å². The van der Waals surface area contributed by atoms with Gasteiger partial charge in [-0.15, -0.1) is 0 Å². The van der Waals surface area contributed by atoms with Crippen molar-refractivity contribution in [2.75, 3.05) is 11.1 Å². The first kappa shape index (κ1) is 11.7. The third-order valence-electron chi connectivity index (χ3n) is 2.99. The fourth-order valence-electron chi connectivity index (χ4n) is 2.07. The van der Waals surface area contributed by atoms with Crippen molar-refractivity contribution in [3.05, 3.63) is 16.9 Å². The summed E-state index contributed by atoms with van der Waals surface area (Å²) in [4.78, 5) is 3.98. The van der Waals surface area contributed by atoms with E-state index in [1.54, 1.807) is 12.4 Å². The molecule has 4 nitrogen and oxygen atoms in total. The van der Waals surface area contributed by atoms with Crippen molar-refractivity contribution in [1.29, 1.82) is 0 Å². The van der Waals surface area contributed by atoms with E-state index in [1.165, 1.54) is 0 Å². The van der Waals surface area contributed by atoms with Gasteiger partial charge in [0.15, 0.2) is 0 Å². The lowest BCUT2D eigenvalue weighted by atomic mass is 9.92. The Kier molecular flexibility index (Phi) is 3.66. The number of hydrogen-bond donors (Lipinski definition) is 3. The fraction of sp³-hybridized carbons (Fsp3) is 0.545. The summed E-state index contributed by atoms with van der Waals surface area (Å²) < 4.78 is 0.838.